The topological polar surface area (TPSA) is 365 Å². The van der Waals surface area contributed by atoms with Gasteiger partial charge in [0.2, 0.25) is 0 Å². The molecular weight excluding hydrogens is 872 g/mol. The van der Waals surface area contributed by atoms with Gasteiger partial charge in [-0.2, -0.15) is 0 Å². The van der Waals surface area contributed by atoms with E-state index in [4.69, 9.17) is 48.1 Å². The fraction of sp³-hybridized carbons (Fsp3) is 0.833. The summed E-state index contributed by atoms with van der Waals surface area (Å²) in [5.74, 6) is -7.05. The number of aliphatic hydroxyl groups is 10. The van der Waals surface area contributed by atoms with Crippen molar-refractivity contribution in [1.82, 2.24) is 0 Å². The van der Waals surface area contributed by atoms with Crippen LogP contribution in [0.4, 0.5) is 0 Å². The summed E-state index contributed by atoms with van der Waals surface area (Å²) >= 11 is 0. The molecule has 0 amide bonds. The normalized spacial score (nSPS) is 42.3. The largest absolute Gasteiger partial charge is 0.481 e. The van der Waals surface area contributed by atoms with Crippen molar-refractivity contribution >= 4 is 29.8 Å². The van der Waals surface area contributed by atoms with Gasteiger partial charge in [-0.1, -0.05) is 6.08 Å². The van der Waals surface area contributed by atoms with Gasteiger partial charge in [0.25, 0.3) is 0 Å². The van der Waals surface area contributed by atoms with Crippen molar-refractivity contribution in [3.8, 4) is 0 Å². The molecule has 3 aliphatic carbocycles. The number of allylic oxidation sites excluding steroid dienone is 1. The van der Waals surface area contributed by atoms with Crippen LogP contribution >= 0.6 is 0 Å². The fourth-order valence-electron chi connectivity index (χ4n) is 9.80. The van der Waals surface area contributed by atoms with Crippen LogP contribution in [0.2, 0.25) is 0 Å². The third-order valence-electron chi connectivity index (χ3n) is 13.3. The number of rotatable bonds is 16. The molecule has 65 heavy (non-hydrogen) atoms. The smallest absolute Gasteiger partial charge is 0.330 e. The molecule has 11 N–H and O–H groups in total. The zero-order valence-electron chi connectivity index (χ0n) is 35.6. The summed E-state index contributed by atoms with van der Waals surface area (Å²) in [7, 11) is 0. The van der Waals surface area contributed by atoms with E-state index in [-0.39, 0.29) is 37.2 Å². The van der Waals surface area contributed by atoms with Gasteiger partial charge in [0, 0.05) is 24.8 Å². The second-order valence-electron chi connectivity index (χ2n) is 18.0. The highest BCUT2D eigenvalue weighted by Gasteiger charge is 2.57. The number of hydrogen-bond acceptors (Lipinski definition) is 20. The lowest BCUT2D eigenvalue weighted by molar-refractivity contribution is -0.366. The van der Waals surface area contributed by atoms with Crippen LogP contribution in [-0.2, 0) is 57.1 Å². The van der Waals surface area contributed by atoms with Crippen LogP contribution in [0.25, 0.3) is 0 Å². The van der Waals surface area contributed by atoms with Gasteiger partial charge in [0.15, 0.2) is 30.9 Å². The first kappa shape index (κ1) is 51.0. The van der Waals surface area contributed by atoms with E-state index in [0.717, 1.165) is 0 Å². The number of carbonyl (C=O) groups excluding carboxylic acids is 3. The predicted molar refractivity (Wildman–Crippen MR) is 212 cm³/mol. The van der Waals surface area contributed by atoms with Crippen molar-refractivity contribution in [3.63, 3.8) is 0 Å². The third-order valence-corrected chi connectivity index (χ3v) is 13.3. The molecule has 6 rings (SSSR count). The summed E-state index contributed by atoms with van der Waals surface area (Å²) < 4.78 is 45.1. The average molecular weight is 936 g/mol. The van der Waals surface area contributed by atoms with Gasteiger partial charge in [-0.05, 0) is 63.7 Å². The van der Waals surface area contributed by atoms with Crippen molar-refractivity contribution in [3.05, 3.63) is 12.2 Å². The van der Waals surface area contributed by atoms with Crippen molar-refractivity contribution in [2.24, 2.45) is 17.8 Å². The predicted octanol–water partition coefficient (Wildman–Crippen LogP) is -2.94. The van der Waals surface area contributed by atoms with Gasteiger partial charge >= 0.3 is 29.8 Å². The van der Waals surface area contributed by atoms with Crippen molar-refractivity contribution < 1.29 is 113 Å². The molecule has 0 aromatic carbocycles. The van der Waals surface area contributed by atoms with E-state index < -0.39 is 160 Å². The zero-order chi connectivity index (χ0) is 47.1. The number of carboxylic acid groups (broad SMARTS) is 2. The van der Waals surface area contributed by atoms with Gasteiger partial charge in [0.05, 0.1) is 30.3 Å². The number of esters is 3. The molecule has 3 heterocycles. The number of ether oxygens (including phenoxy) is 8. The number of carboxylic acids is 2. The van der Waals surface area contributed by atoms with E-state index in [1.165, 1.54) is 6.08 Å². The fourth-order valence-corrected chi connectivity index (χ4v) is 9.80. The lowest BCUT2D eigenvalue weighted by atomic mass is 9.73. The molecular formula is C42H63O23+. The van der Waals surface area contributed by atoms with Crippen LogP contribution in [0.1, 0.15) is 83.5 Å². The standard InChI is InChI=1S/C42H62O23/c43-20-6-1-18(2-7-20)3-10-31(50)58-16-27-34(53)35(54)37(56)41(63-27)62-26-13-23-24(60-39(26)19-4-8-21(44)9-5-19)11-22(45)12-25(23)61-42-38(57)36(55)40(65-33(52)15-30(48)49)28(64-42)17-59-32(51)14-29(46)47/h3,10,18-28,34-45,53-57H,1-2,4-9,11-17H2,(H,46,47)(H,48,49)/p+1/t18?,19?,20?,21?,22?,23?,24?,25?,26?,27-,28-,34-,35+,36-,37-,38-,39?,40-,41-,42-/m1/s1. The molecule has 6 aliphatic rings. The van der Waals surface area contributed by atoms with Crippen LogP contribution in [-0.4, -0.2) is 203 Å². The second-order valence-corrected chi connectivity index (χ2v) is 18.0. The molecule has 6 fully saturated rings. The number of aliphatic carboxylic acids is 2. The molecule has 0 bridgehead atoms. The summed E-state index contributed by atoms with van der Waals surface area (Å²) in [5.41, 5.74) is 0. The minimum Gasteiger partial charge on any atom is -0.481 e. The quantitative estimate of drug-likeness (QED) is 0.0243. The van der Waals surface area contributed by atoms with E-state index in [1.807, 2.05) is 0 Å². The minimum absolute atomic E-state index is 0.0558. The summed E-state index contributed by atoms with van der Waals surface area (Å²) in [6.07, 6.45) is -16.6. The summed E-state index contributed by atoms with van der Waals surface area (Å²) in [5, 5.41) is 105. The van der Waals surface area contributed by atoms with E-state index in [1.54, 1.807) is 6.08 Å². The lowest BCUT2D eigenvalue weighted by Gasteiger charge is -2.50. The number of carbonyl (C=O) groups is 5. The first-order valence-electron chi connectivity index (χ1n) is 22.3. The Balaban J connectivity index is 1.18. The van der Waals surface area contributed by atoms with E-state index >= 15 is 0 Å². The maximum atomic E-state index is 12.6. The van der Waals surface area contributed by atoms with E-state index in [9.17, 15) is 64.8 Å². The Bertz CT molecular complexity index is 1650. The minimum atomic E-state index is -2.01. The van der Waals surface area contributed by atoms with E-state index in [2.05, 4.69) is 0 Å². The highest BCUT2D eigenvalue weighted by molar-refractivity contribution is 5.90. The third kappa shape index (κ3) is 13.6. The van der Waals surface area contributed by atoms with Gasteiger partial charge in [0.1, 0.15) is 74.9 Å². The summed E-state index contributed by atoms with van der Waals surface area (Å²) in [6, 6.07) is 0. The maximum absolute atomic E-state index is 12.6. The van der Waals surface area contributed by atoms with E-state index in [0.29, 0.717) is 51.4 Å². The molecule has 23 heteroatoms. The molecule has 3 saturated carbocycles. The molecule has 3 aliphatic heterocycles. The van der Waals surface area contributed by atoms with Gasteiger partial charge in [-0.15, -0.1) is 0 Å². The molecule has 368 valence electrons. The average Bonchev–Trinajstić information content (AvgIpc) is 3.25. The van der Waals surface area contributed by atoms with Crippen LogP contribution in [0.3, 0.4) is 0 Å². The second kappa shape index (κ2) is 23.0. The SMILES string of the molecule is O=C(O)CC(=O)OC[C@H]1O[C@@H](OC2CC(O)CC3[OH+]C(C4CCC(O)CC4)C(O[C@@H]4O[C@H](COC(=O)C=CC5CCC(O)CC5)[C@@H](O)[C@H](O)[C@H]4O)CC23)[C@H](O)[C@@H](O)[C@@H]1OC(=O)CC(=O)O. The molecule has 16 atom stereocenters. The first-order chi connectivity index (χ1) is 30.9. The Morgan fingerprint density at radius 1 is 0.585 bits per heavy atom. The molecule has 6 unspecified atom stereocenters. The van der Waals surface area contributed by atoms with Gasteiger partial charge < -0.3 is 89.0 Å². The Hall–Kier alpha value is -3.43. The van der Waals surface area contributed by atoms with Crippen molar-refractivity contribution in [2.45, 2.75) is 188 Å². The van der Waals surface area contributed by atoms with Crippen LogP contribution in [0.5, 0.6) is 0 Å². The Morgan fingerprint density at radius 2 is 1.15 bits per heavy atom. The van der Waals surface area contributed by atoms with Crippen LogP contribution < -0.4 is 0 Å². The highest BCUT2D eigenvalue weighted by atomic mass is 16.7. The Morgan fingerprint density at radius 3 is 1.80 bits per heavy atom. The molecule has 0 aromatic rings. The molecule has 0 radical (unpaired) electrons. The first-order valence-corrected chi connectivity index (χ1v) is 22.3. The number of aliphatic hydroxyl groups excluding tert-OH is 8. The number of hydrogen-bond donors (Lipinski definition) is 10. The lowest BCUT2D eigenvalue weighted by Crippen LogP contribution is -2.64. The number of fused-ring (bicyclic) bond motifs is 1. The molecule has 23 nitrogen and oxygen atoms in total. The Kier molecular flexibility index (Phi) is 18.1. The van der Waals surface area contributed by atoms with Crippen molar-refractivity contribution in [1.29, 1.82) is 0 Å². The van der Waals surface area contributed by atoms with Gasteiger partial charge in [-0.25, -0.2) is 4.79 Å². The molecule has 3 saturated heterocycles. The Labute approximate surface area is 373 Å². The monoisotopic (exact) mass is 935 g/mol. The molecule has 0 spiro atoms. The van der Waals surface area contributed by atoms with Crippen molar-refractivity contribution in [2.75, 3.05) is 13.2 Å². The van der Waals surface area contributed by atoms with Gasteiger partial charge in [-0.3, -0.25) is 19.2 Å². The van der Waals surface area contributed by atoms with Crippen LogP contribution in [0.15, 0.2) is 12.2 Å². The maximum Gasteiger partial charge on any atom is 0.330 e. The van der Waals surface area contributed by atoms with Crippen LogP contribution in [0, 0.1) is 17.8 Å². The summed E-state index contributed by atoms with van der Waals surface area (Å²) in [6.45, 7) is -1.33. The molecule has 0 aromatic heterocycles. The zero-order valence-corrected chi connectivity index (χ0v) is 35.6. The summed E-state index contributed by atoms with van der Waals surface area (Å²) in [4.78, 5) is 59.3. The highest BCUT2D eigenvalue weighted by Crippen LogP contribution is 2.44.